The van der Waals surface area contributed by atoms with E-state index in [1.807, 2.05) is 19.1 Å². The van der Waals surface area contributed by atoms with Gasteiger partial charge in [0.1, 0.15) is 0 Å². The van der Waals surface area contributed by atoms with Gasteiger partial charge in [0.05, 0.1) is 16.6 Å². The van der Waals surface area contributed by atoms with E-state index in [0.29, 0.717) is 26.2 Å². The number of nitrogens with zero attached hydrogens (tertiary/aromatic N) is 2. The van der Waals surface area contributed by atoms with Gasteiger partial charge in [-0.15, -0.1) is 11.3 Å². The maximum atomic E-state index is 11.5. The summed E-state index contributed by atoms with van der Waals surface area (Å²) in [6.45, 7) is 4.38. The first-order chi connectivity index (χ1) is 9.29. The lowest BCUT2D eigenvalue weighted by Gasteiger charge is -2.39. The Morgan fingerprint density at radius 2 is 1.90 bits per heavy atom. The van der Waals surface area contributed by atoms with Crippen LogP contribution in [-0.2, 0) is 10.0 Å². The Morgan fingerprint density at radius 1 is 1.30 bits per heavy atom. The molecule has 2 heterocycles. The summed E-state index contributed by atoms with van der Waals surface area (Å²) in [5.74, 6) is 0. The van der Waals surface area contributed by atoms with Gasteiger partial charge in [-0.1, -0.05) is 11.6 Å². The first kappa shape index (κ1) is 16.2. The first-order valence-corrected chi connectivity index (χ1v) is 9.53. The highest BCUT2D eigenvalue weighted by atomic mass is 35.5. The third-order valence-electron chi connectivity index (χ3n) is 3.52. The number of halogens is 1. The predicted molar refractivity (Wildman–Crippen MR) is 83.7 cm³/mol. The number of sulfonamides is 1. The molecule has 1 aliphatic rings. The van der Waals surface area contributed by atoms with Gasteiger partial charge in [0.15, 0.2) is 0 Å². The highest BCUT2D eigenvalue weighted by Gasteiger charge is 2.31. The third-order valence-corrected chi connectivity index (χ3v) is 6.12. The van der Waals surface area contributed by atoms with Gasteiger partial charge in [0.2, 0.25) is 10.0 Å². The van der Waals surface area contributed by atoms with E-state index in [4.69, 9.17) is 17.3 Å². The van der Waals surface area contributed by atoms with Crippen LogP contribution in [0.4, 0.5) is 0 Å². The van der Waals surface area contributed by atoms with E-state index in [1.165, 1.54) is 21.9 Å². The zero-order chi connectivity index (χ0) is 14.9. The molecule has 0 aliphatic carbocycles. The SMILES string of the molecule is CC(N)C(c1ccc(Cl)s1)N1CCN(S(C)(=O)=O)CC1. The lowest BCUT2D eigenvalue weighted by molar-refractivity contribution is 0.126. The molecule has 5 nitrogen and oxygen atoms in total. The van der Waals surface area contributed by atoms with Crippen molar-refractivity contribution in [2.75, 3.05) is 32.4 Å². The number of thiophene rings is 1. The molecule has 0 amide bonds. The van der Waals surface area contributed by atoms with E-state index in [2.05, 4.69) is 4.90 Å². The van der Waals surface area contributed by atoms with Gasteiger partial charge in [-0.2, -0.15) is 4.31 Å². The topological polar surface area (TPSA) is 66.6 Å². The highest BCUT2D eigenvalue weighted by molar-refractivity contribution is 7.88. The molecular formula is C12H20ClN3O2S2. The minimum Gasteiger partial charge on any atom is -0.326 e. The number of piperazine rings is 1. The fourth-order valence-electron chi connectivity index (χ4n) is 2.57. The second-order valence-electron chi connectivity index (χ2n) is 5.14. The number of hydrogen-bond acceptors (Lipinski definition) is 5. The van der Waals surface area contributed by atoms with Gasteiger partial charge in [0.25, 0.3) is 0 Å². The third kappa shape index (κ3) is 3.72. The van der Waals surface area contributed by atoms with Gasteiger partial charge in [-0.05, 0) is 19.1 Å². The zero-order valence-electron chi connectivity index (χ0n) is 11.6. The molecule has 1 aromatic rings. The number of nitrogens with two attached hydrogens (primary N) is 1. The van der Waals surface area contributed by atoms with E-state index in [1.54, 1.807) is 0 Å². The predicted octanol–water partition coefficient (Wildman–Crippen LogP) is 1.37. The molecule has 1 aromatic heterocycles. The molecule has 0 radical (unpaired) electrons. The van der Waals surface area contributed by atoms with Crippen LogP contribution in [0.15, 0.2) is 12.1 Å². The maximum absolute atomic E-state index is 11.5. The van der Waals surface area contributed by atoms with Crippen molar-refractivity contribution in [2.45, 2.75) is 19.0 Å². The molecule has 0 bridgehead atoms. The Kier molecular flexibility index (Phi) is 5.09. The second kappa shape index (κ2) is 6.29. The van der Waals surface area contributed by atoms with Gasteiger partial charge >= 0.3 is 0 Å². The van der Waals surface area contributed by atoms with Crippen molar-refractivity contribution < 1.29 is 8.42 Å². The highest BCUT2D eigenvalue weighted by Crippen LogP contribution is 2.32. The van der Waals surface area contributed by atoms with E-state index in [0.717, 1.165) is 9.21 Å². The van der Waals surface area contributed by atoms with Crippen LogP contribution >= 0.6 is 22.9 Å². The monoisotopic (exact) mass is 337 g/mol. The quantitative estimate of drug-likeness (QED) is 0.901. The van der Waals surface area contributed by atoms with Crippen molar-refractivity contribution in [3.8, 4) is 0 Å². The van der Waals surface area contributed by atoms with Crippen molar-refractivity contribution in [3.05, 3.63) is 21.3 Å². The van der Waals surface area contributed by atoms with Crippen molar-refractivity contribution >= 4 is 33.0 Å². The average Bonchev–Trinajstić information content (AvgIpc) is 2.75. The number of rotatable bonds is 4. The molecule has 20 heavy (non-hydrogen) atoms. The fourth-order valence-corrected chi connectivity index (χ4v) is 4.71. The van der Waals surface area contributed by atoms with E-state index >= 15 is 0 Å². The van der Waals surface area contributed by atoms with Crippen LogP contribution < -0.4 is 5.73 Å². The van der Waals surface area contributed by atoms with Crippen LogP contribution in [0.2, 0.25) is 4.34 Å². The summed E-state index contributed by atoms with van der Waals surface area (Å²) in [7, 11) is -3.10. The summed E-state index contributed by atoms with van der Waals surface area (Å²) in [6, 6.07) is 3.94. The van der Waals surface area contributed by atoms with E-state index in [-0.39, 0.29) is 12.1 Å². The molecule has 0 spiro atoms. The van der Waals surface area contributed by atoms with Gasteiger partial charge < -0.3 is 5.73 Å². The summed E-state index contributed by atoms with van der Waals surface area (Å²) in [5, 5.41) is 0. The van der Waals surface area contributed by atoms with Gasteiger partial charge in [0, 0.05) is 37.1 Å². The minimum atomic E-state index is -3.10. The van der Waals surface area contributed by atoms with Crippen LogP contribution in [0.25, 0.3) is 0 Å². The van der Waals surface area contributed by atoms with Crippen molar-refractivity contribution in [1.29, 1.82) is 0 Å². The first-order valence-electron chi connectivity index (χ1n) is 6.49. The molecule has 2 N–H and O–H groups in total. The number of hydrogen-bond donors (Lipinski definition) is 1. The molecule has 0 saturated carbocycles. The van der Waals surface area contributed by atoms with Crippen LogP contribution in [-0.4, -0.2) is 56.1 Å². The van der Waals surface area contributed by atoms with Crippen LogP contribution in [0, 0.1) is 0 Å². The van der Waals surface area contributed by atoms with Crippen LogP contribution in [0.3, 0.4) is 0 Å². The lowest BCUT2D eigenvalue weighted by Crippen LogP contribution is -2.51. The van der Waals surface area contributed by atoms with Gasteiger partial charge in [-0.3, -0.25) is 4.90 Å². The molecule has 2 rings (SSSR count). The Hall–Kier alpha value is -0.180. The van der Waals surface area contributed by atoms with E-state index in [9.17, 15) is 8.42 Å². The normalized spacial score (nSPS) is 21.8. The second-order valence-corrected chi connectivity index (χ2v) is 8.87. The summed E-state index contributed by atoms with van der Waals surface area (Å²) in [4.78, 5) is 3.38. The molecular weight excluding hydrogens is 318 g/mol. The lowest BCUT2D eigenvalue weighted by atomic mass is 10.1. The molecule has 8 heteroatoms. The fraction of sp³-hybridized carbons (Fsp3) is 0.667. The van der Waals surface area contributed by atoms with Crippen molar-refractivity contribution in [2.24, 2.45) is 5.73 Å². The molecule has 2 atom stereocenters. The smallest absolute Gasteiger partial charge is 0.211 e. The van der Waals surface area contributed by atoms with Gasteiger partial charge in [-0.25, -0.2) is 8.42 Å². The molecule has 0 aromatic carbocycles. The van der Waals surface area contributed by atoms with Crippen molar-refractivity contribution in [3.63, 3.8) is 0 Å². The largest absolute Gasteiger partial charge is 0.326 e. The Morgan fingerprint density at radius 3 is 2.30 bits per heavy atom. The average molecular weight is 338 g/mol. The van der Waals surface area contributed by atoms with Crippen LogP contribution in [0.5, 0.6) is 0 Å². The molecule has 2 unspecified atom stereocenters. The summed E-state index contributed by atoms with van der Waals surface area (Å²) in [5.41, 5.74) is 6.12. The Bertz CT molecular complexity index is 551. The molecule has 1 aliphatic heterocycles. The Balaban J connectivity index is 2.10. The maximum Gasteiger partial charge on any atom is 0.211 e. The minimum absolute atomic E-state index is 0.0329. The zero-order valence-corrected chi connectivity index (χ0v) is 14.0. The summed E-state index contributed by atoms with van der Waals surface area (Å²) >= 11 is 7.54. The standard InChI is InChI=1S/C12H20ClN3O2S2/c1-9(14)12(10-3-4-11(13)19-10)15-5-7-16(8-6-15)20(2,17)18/h3-4,9,12H,5-8,14H2,1-2H3. The summed E-state index contributed by atoms with van der Waals surface area (Å²) in [6.07, 6.45) is 1.25. The molecule has 114 valence electrons. The Labute approximate surface area is 129 Å². The molecule has 1 saturated heterocycles. The van der Waals surface area contributed by atoms with Crippen molar-refractivity contribution in [1.82, 2.24) is 9.21 Å². The summed E-state index contributed by atoms with van der Waals surface area (Å²) < 4.78 is 25.3. The van der Waals surface area contributed by atoms with E-state index < -0.39 is 10.0 Å². The molecule has 1 fully saturated rings. The van der Waals surface area contributed by atoms with Crippen LogP contribution in [0.1, 0.15) is 17.8 Å².